The maximum atomic E-state index is 13.1. The third-order valence-corrected chi connectivity index (χ3v) is 6.98. The van der Waals surface area contributed by atoms with E-state index in [0.717, 1.165) is 17.9 Å². The Bertz CT molecular complexity index is 911. The SMILES string of the molecule is CN(CCOc1ccccc1)C(=O)C1CCN(S(=O)(=O)c2ccc(F)cc2)CC1. The van der Waals surface area contributed by atoms with Gasteiger partial charge in [-0.1, -0.05) is 18.2 Å². The number of sulfonamides is 1. The number of piperidine rings is 1. The third-order valence-electron chi connectivity index (χ3n) is 5.07. The number of amides is 1. The molecule has 156 valence electrons. The summed E-state index contributed by atoms with van der Waals surface area (Å²) < 4.78 is 45.4. The van der Waals surface area contributed by atoms with E-state index < -0.39 is 15.8 Å². The van der Waals surface area contributed by atoms with Gasteiger partial charge in [0.25, 0.3) is 0 Å². The summed E-state index contributed by atoms with van der Waals surface area (Å²) in [7, 11) is -1.94. The van der Waals surface area contributed by atoms with Crippen molar-refractivity contribution in [2.24, 2.45) is 5.92 Å². The van der Waals surface area contributed by atoms with Gasteiger partial charge in [-0.3, -0.25) is 4.79 Å². The molecule has 1 amide bonds. The molecule has 0 atom stereocenters. The zero-order valence-corrected chi connectivity index (χ0v) is 17.1. The van der Waals surface area contributed by atoms with Crippen LogP contribution in [0.4, 0.5) is 4.39 Å². The number of carbonyl (C=O) groups excluding carboxylic acids is 1. The van der Waals surface area contributed by atoms with Crippen molar-refractivity contribution in [2.45, 2.75) is 17.7 Å². The van der Waals surface area contributed by atoms with Crippen LogP contribution in [0.2, 0.25) is 0 Å². The van der Waals surface area contributed by atoms with Crippen molar-refractivity contribution in [3.8, 4) is 5.75 Å². The lowest BCUT2D eigenvalue weighted by atomic mass is 9.97. The van der Waals surface area contributed by atoms with Crippen molar-refractivity contribution < 1.29 is 22.3 Å². The van der Waals surface area contributed by atoms with E-state index >= 15 is 0 Å². The van der Waals surface area contributed by atoms with Crippen molar-refractivity contribution in [2.75, 3.05) is 33.3 Å². The monoisotopic (exact) mass is 420 g/mol. The molecule has 0 aliphatic carbocycles. The molecule has 1 saturated heterocycles. The first kappa shape index (κ1) is 21.3. The Morgan fingerprint density at radius 1 is 1.10 bits per heavy atom. The van der Waals surface area contributed by atoms with E-state index in [2.05, 4.69) is 0 Å². The number of carbonyl (C=O) groups is 1. The van der Waals surface area contributed by atoms with Crippen molar-refractivity contribution in [1.29, 1.82) is 0 Å². The molecule has 0 radical (unpaired) electrons. The summed E-state index contributed by atoms with van der Waals surface area (Å²) >= 11 is 0. The molecule has 0 bridgehead atoms. The van der Waals surface area contributed by atoms with Gasteiger partial charge in [0.1, 0.15) is 18.2 Å². The molecule has 1 aliphatic rings. The lowest BCUT2D eigenvalue weighted by Gasteiger charge is -2.32. The summed E-state index contributed by atoms with van der Waals surface area (Å²) in [5, 5.41) is 0. The Hall–Kier alpha value is -2.45. The van der Waals surface area contributed by atoms with Gasteiger partial charge in [0, 0.05) is 26.1 Å². The summed E-state index contributed by atoms with van der Waals surface area (Å²) in [6.45, 7) is 1.39. The van der Waals surface area contributed by atoms with Gasteiger partial charge in [-0.2, -0.15) is 4.31 Å². The van der Waals surface area contributed by atoms with E-state index in [1.165, 1.54) is 16.4 Å². The highest BCUT2D eigenvalue weighted by Crippen LogP contribution is 2.25. The van der Waals surface area contributed by atoms with Crippen LogP contribution in [-0.4, -0.2) is 56.8 Å². The van der Waals surface area contributed by atoms with Crippen molar-refractivity contribution >= 4 is 15.9 Å². The van der Waals surface area contributed by atoms with E-state index in [0.29, 0.717) is 26.0 Å². The Labute approximate surface area is 170 Å². The molecule has 1 fully saturated rings. The van der Waals surface area contributed by atoms with Crippen LogP contribution in [0.15, 0.2) is 59.5 Å². The number of ether oxygens (including phenoxy) is 1. The molecule has 3 rings (SSSR count). The molecule has 2 aromatic carbocycles. The lowest BCUT2D eigenvalue weighted by molar-refractivity contribution is -0.135. The van der Waals surface area contributed by atoms with E-state index in [9.17, 15) is 17.6 Å². The molecule has 0 spiro atoms. The molecule has 8 heteroatoms. The van der Waals surface area contributed by atoms with E-state index in [4.69, 9.17) is 4.74 Å². The summed E-state index contributed by atoms with van der Waals surface area (Å²) in [5.74, 6) is 0.0667. The largest absolute Gasteiger partial charge is 0.492 e. The number of benzene rings is 2. The maximum absolute atomic E-state index is 13.1. The Morgan fingerprint density at radius 3 is 2.34 bits per heavy atom. The molecular formula is C21H25FN2O4S. The molecule has 29 heavy (non-hydrogen) atoms. The van der Waals surface area contributed by atoms with Crippen LogP contribution in [0.5, 0.6) is 5.75 Å². The highest BCUT2D eigenvalue weighted by molar-refractivity contribution is 7.89. The summed E-state index contributed by atoms with van der Waals surface area (Å²) in [6, 6.07) is 14.2. The molecule has 0 unspecified atom stereocenters. The van der Waals surface area contributed by atoms with E-state index in [1.807, 2.05) is 30.3 Å². The maximum Gasteiger partial charge on any atom is 0.243 e. The summed E-state index contributed by atoms with van der Waals surface area (Å²) in [4.78, 5) is 14.4. The number of rotatable bonds is 7. The number of hydrogen-bond donors (Lipinski definition) is 0. The van der Waals surface area contributed by atoms with Crippen molar-refractivity contribution in [3.05, 3.63) is 60.4 Å². The normalized spacial score (nSPS) is 15.8. The number of para-hydroxylation sites is 1. The van der Waals surface area contributed by atoms with E-state index in [1.54, 1.807) is 11.9 Å². The van der Waals surface area contributed by atoms with Gasteiger partial charge in [-0.15, -0.1) is 0 Å². The summed E-state index contributed by atoms with van der Waals surface area (Å²) in [6.07, 6.45) is 0.923. The number of nitrogens with zero attached hydrogens (tertiary/aromatic N) is 2. The van der Waals surface area contributed by atoms with Crippen LogP contribution in [0, 0.1) is 11.7 Å². The predicted octanol–water partition coefficient (Wildman–Crippen LogP) is 2.76. The minimum Gasteiger partial charge on any atom is -0.492 e. The van der Waals surface area contributed by atoms with Crippen LogP contribution < -0.4 is 4.74 Å². The first-order valence-corrected chi connectivity index (χ1v) is 11.0. The first-order valence-electron chi connectivity index (χ1n) is 9.56. The van der Waals surface area contributed by atoms with Gasteiger partial charge in [-0.05, 0) is 49.2 Å². The van der Waals surface area contributed by atoms with Gasteiger partial charge >= 0.3 is 0 Å². The number of likely N-dealkylation sites (N-methyl/N-ethyl adjacent to an activating group) is 1. The molecule has 0 aromatic heterocycles. The molecule has 6 nitrogen and oxygen atoms in total. The fourth-order valence-corrected chi connectivity index (χ4v) is 4.81. The average Bonchev–Trinajstić information content (AvgIpc) is 2.74. The van der Waals surface area contributed by atoms with Crippen molar-refractivity contribution in [3.63, 3.8) is 0 Å². The average molecular weight is 421 g/mol. The zero-order valence-electron chi connectivity index (χ0n) is 16.3. The van der Waals surface area contributed by atoms with Crippen LogP contribution in [0.25, 0.3) is 0 Å². The lowest BCUT2D eigenvalue weighted by Crippen LogP contribution is -2.44. The predicted molar refractivity (Wildman–Crippen MR) is 107 cm³/mol. The smallest absolute Gasteiger partial charge is 0.243 e. The topological polar surface area (TPSA) is 66.9 Å². The Morgan fingerprint density at radius 2 is 1.72 bits per heavy atom. The quantitative estimate of drug-likeness (QED) is 0.691. The molecule has 0 saturated carbocycles. The number of halogens is 1. The summed E-state index contributed by atoms with van der Waals surface area (Å²) in [5.41, 5.74) is 0. The second kappa shape index (κ2) is 9.37. The van der Waals surface area contributed by atoms with Gasteiger partial charge in [0.15, 0.2) is 0 Å². The van der Waals surface area contributed by atoms with Gasteiger partial charge in [-0.25, -0.2) is 12.8 Å². The molecule has 1 heterocycles. The number of hydrogen-bond acceptors (Lipinski definition) is 4. The van der Waals surface area contributed by atoms with Crippen LogP contribution >= 0.6 is 0 Å². The van der Waals surface area contributed by atoms with E-state index in [-0.39, 0.29) is 29.8 Å². The van der Waals surface area contributed by atoms with Crippen LogP contribution in [-0.2, 0) is 14.8 Å². The third kappa shape index (κ3) is 5.33. The zero-order chi connectivity index (χ0) is 20.9. The fourth-order valence-electron chi connectivity index (χ4n) is 3.34. The highest BCUT2D eigenvalue weighted by atomic mass is 32.2. The molecule has 0 N–H and O–H groups in total. The first-order chi connectivity index (χ1) is 13.9. The molecular weight excluding hydrogens is 395 g/mol. The second-order valence-corrected chi connectivity index (χ2v) is 8.99. The van der Waals surface area contributed by atoms with Gasteiger partial charge in [0.2, 0.25) is 15.9 Å². The van der Waals surface area contributed by atoms with Gasteiger partial charge in [0.05, 0.1) is 11.4 Å². The highest BCUT2D eigenvalue weighted by Gasteiger charge is 2.33. The minimum atomic E-state index is -3.67. The van der Waals surface area contributed by atoms with Crippen LogP contribution in [0.1, 0.15) is 12.8 Å². The van der Waals surface area contributed by atoms with Gasteiger partial charge < -0.3 is 9.64 Å². The molecule has 2 aromatic rings. The Balaban J connectivity index is 1.49. The van der Waals surface area contributed by atoms with Crippen LogP contribution in [0.3, 0.4) is 0 Å². The fraction of sp³-hybridized carbons (Fsp3) is 0.381. The molecule has 1 aliphatic heterocycles. The minimum absolute atomic E-state index is 0.000455. The Kier molecular flexibility index (Phi) is 6.87. The standard InChI is InChI=1S/C21H25FN2O4S/c1-23(15-16-28-19-5-3-2-4-6-19)21(25)17-11-13-24(14-12-17)29(26,27)20-9-7-18(22)8-10-20/h2-10,17H,11-16H2,1H3. The van der Waals surface area contributed by atoms with Crippen molar-refractivity contribution in [1.82, 2.24) is 9.21 Å². The second-order valence-electron chi connectivity index (χ2n) is 7.05.